The van der Waals surface area contributed by atoms with Gasteiger partial charge >= 0.3 is 0 Å². The van der Waals surface area contributed by atoms with Crippen LogP contribution in [0, 0.1) is 15.9 Å². The second-order valence-corrected chi connectivity index (χ2v) is 5.43. The Morgan fingerprint density at radius 3 is 2.50 bits per heavy atom. The molecule has 6 nitrogen and oxygen atoms in total. The number of hydrogen-bond donors (Lipinski definition) is 2. The maximum atomic E-state index is 13.2. The van der Waals surface area contributed by atoms with Crippen LogP contribution < -0.4 is 10.6 Å². The van der Waals surface area contributed by atoms with Crippen molar-refractivity contribution >= 4 is 35.6 Å². The number of guanidine groups is 1. The van der Waals surface area contributed by atoms with E-state index < -0.39 is 4.92 Å². The van der Waals surface area contributed by atoms with E-state index in [4.69, 9.17) is 0 Å². The third-order valence-electron chi connectivity index (χ3n) is 3.51. The van der Waals surface area contributed by atoms with Crippen LogP contribution in [0.4, 0.5) is 10.1 Å². The Balaban J connectivity index is 0.00000338. The van der Waals surface area contributed by atoms with Crippen molar-refractivity contribution in [3.63, 3.8) is 0 Å². The van der Waals surface area contributed by atoms with E-state index >= 15 is 0 Å². The van der Waals surface area contributed by atoms with Gasteiger partial charge in [0, 0.05) is 25.2 Å². The molecule has 0 amide bonds. The number of rotatable bonds is 7. The zero-order chi connectivity index (χ0) is 18.1. The van der Waals surface area contributed by atoms with Crippen molar-refractivity contribution < 1.29 is 9.31 Å². The van der Waals surface area contributed by atoms with Gasteiger partial charge in [0.15, 0.2) is 5.96 Å². The maximum absolute atomic E-state index is 13.2. The van der Waals surface area contributed by atoms with Gasteiger partial charge in [0.1, 0.15) is 5.82 Å². The highest BCUT2D eigenvalue weighted by Gasteiger charge is 2.04. The minimum absolute atomic E-state index is 0. The molecule has 0 aliphatic heterocycles. The van der Waals surface area contributed by atoms with Crippen molar-refractivity contribution in [1.82, 2.24) is 10.6 Å². The van der Waals surface area contributed by atoms with E-state index in [1.807, 2.05) is 13.0 Å². The number of nitrogens with zero attached hydrogens (tertiary/aromatic N) is 2. The van der Waals surface area contributed by atoms with E-state index in [1.54, 1.807) is 18.2 Å². The Morgan fingerprint density at radius 1 is 1.15 bits per heavy atom. The lowest BCUT2D eigenvalue weighted by molar-refractivity contribution is -0.384. The molecule has 140 valence electrons. The van der Waals surface area contributed by atoms with Crippen LogP contribution in [0.1, 0.15) is 18.1 Å². The third kappa shape index (κ3) is 7.34. The highest BCUT2D eigenvalue weighted by atomic mass is 127. The molecular formula is C18H22FIN4O2. The SMILES string of the molecule is CCNC(=NCc1ccc([N+](=O)[O-])cc1)NCCc1cccc(F)c1.I. The van der Waals surface area contributed by atoms with Gasteiger partial charge < -0.3 is 10.6 Å². The smallest absolute Gasteiger partial charge is 0.269 e. The first-order valence-electron chi connectivity index (χ1n) is 8.08. The fourth-order valence-electron chi connectivity index (χ4n) is 2.25. The summed E-state index contributed by atoms with van der Waals surface area (Å²) in [6, 6.07) is 12.8. The maximum Gasteiger partial charge on any atom is 0.269 e. The van der Waals surface area contributed by atoms with Crippen molar-refractivity contribution in [1.29, 1.82) is 0 Å². The van der Waals surface area contributed by atoms with Crippen LogP contribution in [-0.2, 0) is 13.0 Å². The number of halogens is 2. The predicted molar refractivity (Wildman–Crippen MR) is 111 cm³/mol. The summed E-state index contributed by atoms with van der Waals surface area (Å²) in [7, 11) is 0. The van der Waals surface area contributed by atoms with Crippen LogP contribution >= 0.6 is 24.0 Å². The van der Waals surface area contributed by atoms with Crippen LogP contribution in [-0.4, -0.2) is 24.0 Å². The van der Waals surface area contributed by atoms with Gasteiger partial charge in [0.05, 0.1) is 11.5 Å². The second kappa shape index (κ2) is 11.4. The number of nitro groups is 1. The van der Waals surface area contributed by atoms with Gasteiger partial charge in [-0.25, -0.2) is 9.38 Å². The quantitative estimate of drug-likeness (QED) is 0.212. The van der Waals surface area contributed by atoms with Gasteiger partial charge in [-0.3, -0.25) is 10.1 Å². The first kappa shape index (κ1) is 21.8. The van der Waals surface area contributed by atoms with Crippen LogP contribution in [0.3, 0.4) is 0 Å². The van der Waals surface area contributed by atoms with Crippen molar-refractivity contribution in [2.24, 2.45) is 4.99 Å². The Morgan fingerprint density at radius 2 is 1.88 bits per heavy atom. The van der Waals surface area contributed by atoms with E-state index in [9.17, 15) is 14.5 Å². The molecule has 0 saturated carbocycles. The Bertz CT molecular complexity index is 738. The van der Waals surface area contributed by atoms with Crippen LogP contribution in [0.15, 0.2) is 53.5 Å². The van der Waals surface area contributed by atoms with Crippen LogP contribution in [0.2, 0.25) is 0 Å². The molecule has 0 unspecified atom stereocenters. The third-order valence-corrected chi connectivity index (χ3v) is 3.51. The second-order valence-electron chi connectivity index (χ2n) is 5.43. The minimum Gasteiger partial charge on any atom is -0.357 e. The molecule has 2 N–H and O–H groups in total. The summed E-state index contributed by atoms with van der Waals surface area (Å²) in [4.78, 5) is 14.7. The summed E-state index contributed by atoms with van der Waals surface area (Å²) in [6.45, 7) is 3.71. The molecular weight excluding hydrogens is 450 g/mol. The number of hydrogen-bond acceptors (Lipinski definition) is 3. The largest absolute Gasteiger partial charge is 0.357 e. The lowest BCUT2D eigenvalue weighted by Crippen LogP contribution is -2.38. The molecule has 2 aromatic carbocycles. The van der Waals surface area contributed by atoms with Crippen molar-refractivity contribution in [2.45, 2.75) is 19.9 Å². The molecule has 0 aliphatic carbocycles. The Kier molecular flexibility index (Phi) is 9.56. The van der Waals surface area contributed by atoms with Crippen molar-refractivity contribution in [2.75, 3.05) is 13.1 Å². The Labute approximate surface area is 169 Å². The van der Waals surface area contributed by atoms with E-state index in [0.29, 0.717) is 32.0 Å². The summed E-state index contributed by atoms with van der Waals surface area (Å²) in [5.41, 5.74) is 1.86. The van der Waals surface area contributed by atoms with Crippen LogP contribution in [0.5, 0.6) is 0 Å². The number of benzene rings is 2. The molecule has 2 rings (SSSR count). The lowest BCUT2D eigenvalue weighted by Gasteiger charge is -2.11. The molecule has 2 aromatic rings. The molecule has 0 spiro atoms. The number of aliphatic imine (C=N–C) groups is 1. The van der Waals surface area contributed by atoms with Crippen LogP contribution in [0.25, 0.3) is 0 Å². The molecule has 8 heteroatoms. The number of nitro benzene ring substituents is 1. The Hall–Kier alpha value is -2.23. The zero-order valence-electron chi connectivity index (χ0n) is 14.4. The molecule has 0 fully saturated rings. The van der Waals surface area contributed by atoms with Gasteiger partial charge in [-0.05, 0) is 36.6 Å². The first-order valence-corrected chi connectivity index (χ1v) is 8.08. The van der Waals surface area contributed by atoms with E-state index in [-0.39, 0.29) is 35.5 Å². The standard InChI is InChI=1S/C18H21FN4O2.HI/c1-2-20-18(21-11-10-14-4-3-5-16(19)12-14)22-13-15-6-8-17(9-7-15)23(24)25;/h3-9,12H,2,10-11,13H2,1H3,(H2,20,21,22);1H. The predicted octanol–water partition coefficient (Wildman–Crippen LogP) is 3.65. The first-order chi connectivity index (χ1) is 12.1. The topological polar surface area (TPSA) is 79.6 Å². The monoisotopic (exact) mass is 472 g/mol. The van der Waals surface area contributed by atoms with E-state index in [0.717, 1.165) is 11.1 Å². The molecule has 0 heterocycles. The summed E-state index contributed by atoms with van der Waals surface area (Å²) in [5, 5.41) is 17.0. The van der Waals surface area contributed by atoms with Gasteiger partial charge in [0.2, 0.25) is 0 Å². The average Bonchev–Trinajstić information content (AvgIpc) is 2.60. The molecule has 0 saturated heterocycles. The normalized spacial score (nSPS) is 10.8. The van der Waals surface area contributed by atoms with E-state index in [1.165, 1.54) is 24.3 Å². The molecule has 0 atom stereocenters. The number of non-ortho nitro benzene ring substituents is 1. The zero-order valence-corrected chi connectivity index (χ0v) is 16.8. The highest BCUT2D eigenvalue weighted by molar-refractivity contribution is 14.0. The summed E-state index contributed by atoms with van der Waals surface area (Å²) in [6.07, 6.45) is 0.680. The van der Waals surface area contributed by atoms with Gasteiger partial charge in [-0.1, -0.05) is 24.3 Å². The van der Waals surface area contributed by atoms with Crippen molar-refractivity contribution in [3.05, 3.63) is 75.6 Å². The van der Waals surface area contributed by atoms with E-state index in [2.05, 4.69) is 15.6 Å². The summed E-state index contributed by atoms with van der Waals surface area (Å²) < 4.78 is 13.2. The highest BCUT2D eigenvalue weighted by Crippen LogP contribution is 2.12. The fraction of sp³-hybridized carbons (Fsp3) is 0.278. The summed E-state index contributed by atoms with van der Waals surface area (Å²) in [5.74, 6) is 0.411. The lowest BCUT2D eigenvalue weighted by atomic mass is 10.1. The summed E-state index contributed by atoms with van der Waals surface area (Å²) >= 11 is 0. The van der Waals surface area contributed by atoms with Crippen molar-refractivity contribution in [3.8, 4) is 0 Å². The van der Waals surface area contributed by atoms with Gasteiger partial charge in [-0.2, -0.15) is 0 Å². The minimum atomic E-state index is -0.426. The average molecular weight is 472 g/mol. The van der Waals surface area contributed by atoms with Gasteiger partial charge in [0.25, 0.3) is 5.69 Å². The molecule has 0 bridgehead atoms. The molecule has 0 radical (unpaired) electrons. The molecule has 0 aromatic heterocycles. The van der Waals surface area contributed by atoms with Gasteiger partial charge in [-0.15, -0.1) is 24.0 Å². The fourth-order valence-corrected chi connectivity index (χ4v) is 2.25. The molecule has 26 heavy (non-hydrogen) atoms. The number of nitrogens with one attached hydrogen (secondary N) is 2. The molecule has 0 aliphatic rings.